The Morgan fingerprint density at radius 1 is 1.12 bits per heavy atom. The number of rotatable bonds is 6. The molecule has 0 aromatic carbocycles. The van der Waals surface area contributed by atoms with E-state index in [4.69, 9.17) is 0 Å². The van der Waals surface area contributed by atoms with E-state index in [0.717, 1.165) is 42.7 Å². The van der Waals surface area contributed by atoms with Crippen molar-refractivity contribution in [2.24, 2.45) is 4.99 Å². The molecule has 3 heterocycles. The van der Waals surface area contributed by atoms with Gasteiger partial charge in [-0.25, -0.2) is 9.98 Å². The maximum absolute atomic E-state index is 4.64. The Balaban J connectivity index is 0.00000243. The number of hydrogen-bond donors (Lipinski definition) is 2. The number of guanidine groups is 1. The van der Waals surface area contributed by atoms with E-state index in [0.29, 0.717) is 13.1 Å². The van der Waals surface area contributed by atoms with Gasteiger partial charge in [-0.15, -0.1) is 24.0 Å². The van der Waals surface area contributed by atoms with Crippen LogP contribution < -0.4 is 15.5 Å². The summed E-state index contributed by atoms with van der Waals surface area (Å²) in [6.07, 6.45) is 6.26. The van der Waals surface area contributed by atoms with E-state index in [2.05, 4.69) is 49.6 Å². The van der Waals surface area contributed by atoms with E-state index < -0.39 is 0 Å². The second-order valence-corrected chi connectivity index (χ2v) is 6.09. The molecule has 3 rings (SSSR count). The van der Waals surface area contributed by atoms with Crippen molar-refractivity contribution in [2.75, 3.05) is 24.5 Å². The first-order valence-electron chi connectivity index (χ1n) is 8.97. The lowest BCUT2D eigenvalue weighted by Gasteiger charge is -2.16. The Hall–Kier alpha value is -1.90. The number of aliphatic imine (C=N–C) groups is 1. The fourth-order valence-corrected chi connectivity index (χ4v) is 2.83. The Morgan fingerprint density at radius 3 is 2.62 bits per heavy atom. The Labute approximate surface area is 172 Å². The van der Waals surface area contributed by atoms with E-state index >= 15 is 0 Å². The number of aromatic nitrogens is 2. The minimum Gasteiger partial charge on any atom is -0.357 e. The highest BCUT2D eigenvalue weighted by Gasteiger charge is 2.12. The molecule has 0 spiro atoms. The summed E-state index contributed by atoms with van der Waals surface area (Å²) in [6.45, 7) is 6.37. The van der Waals surface area contributed by atoms with Gasteiger partial charge in [-0.1, -0.05) is 12.1 Å². The molecule has 6 nitrogen and oxygen atoms in total. The quantitative estimate of drug-likeness (QED) is 0.390. The molecule has 0 saturated carbocycles. The van der Waals surface area contributed by atoms with Crippen molar-refractivity contribution in [3.63, 3.8) is 0 Å². The highest BCUT2D eigenvalue weighted by molar-refractivity contribution is 14.0. The average molecular weight is 466 g/mol. The van der Waals surface area contributed by atoms with Crippen molar-refractivity contribution >= 4 is 35.8 Å². The van der Waals surface area contributed by atoms with E-state index in [1.54, 1.807) is 6.20 Å². The lowest BCUT2D eigenvalue weighted by atomic mass is 10.3. The predicted octanol–water partition coefficient (Wildman–Crippen LogP) is 2.95. The summed E-state index contributed by atoms with van der Waals surface area (Å²) in [4.78, 5) is 15.9. The summed E-state index contributed by atoms with van der Waals surface area (Å²) in [5, 5.41) is 6.57. The highest BCUT2D eigenvalue weighted by Crippen LogP contribution is 2.17. The van der Waals surface area contributed by atoms with Gasteiger partial charge >= 0.3 is 0 Å². The molecule has 1 aliphatic heterocycles. The first kappa shape index (κ1) is 20.4. The van der Waals surface area contributed by atoms with E-state index in [1.165, 1.54) is 12.8 Å². The minimum atomic E-state index is 0. The van der Waals surface area contributed by atoms with Crippen LogP contribution in [0.4, 0.5) is 5.82 Å². The highest BCUT2D eigenvalue weighted by atomic mass is 127. The summed E-state index contributed by atoms with van der Waals surface area (Å²) < 4.78 is 0. The molecule has 0 aliphatic carbocycles. The summed E-state index contributed by atoms with van der Waals surface area (Å²) >= 11 is 0. The third kappa shape index (κ3) is 6.12. The number of hydrogen-bond acceptors (Lipinski definition) is 4. The predicted molar refractivity (Wildman–Crippen MR) is 117 cm³/mol. The Kier molecular flexibility index (Phi) is 8.60. The molecule has 0 unspecified atom stereocenters. The van der Waals surface area contributed by atoms with Crippen LogP contribution in [0.15, 0.2) is 47.7 Å². The summed E-state index contributed by atoms with van der Waals surface area (Å²) in [5.41, 5.74) is 2.10. The minimum absolute atomic E-state index is 0. The van der Waals surface area contributed by atoms with E-state index in [1.807, 2.05) is 24.4 Å². The first-order valence-corrected chi connectivity index (χ1v) is 8.97. The molecule has 1 aliphatic rings. The van der Waals surface area contributed by atoms with Crippen LogP contribution in [0.2, 0.25) is 0 Å². The van der Waals surface area contributed by atoms with Gasteiger partial charge in [0.25, 0.3) is 0 Å². The second kappa shape index (κ2) is 10.9. The molecule has 26 heavy (non-hydrogen) atoms. The standard InChI is InChI=1S/C19H26N6.HI/c1-2-20-19(24-15-17-7-3-4-10-21-17)23-14-16-8-9-18(22-13-16)25-11-5-6-12-25;/h3-4,7-10,13H,2,5-6,11-12,14-15H2,1H3,(H2,20,23,24);1H. The lowest BCUT2D eigenvalue weighted by molar-refractivity contribution is 0.799. The molecular weight excluding hydrogens is 439 g/mol. The molecule has 0 radical (unpaired) electrons. The van der Waals surface area contributed by atoms with Crippen molar-refractivity contribution in [1.82, 2.24) is 20.6 Å². The lowest BCUT2D eigenvalue weighted by Crippen LogP contribution is -2.37. The van der Waals surface area contributed by atoms with Crippen molar-refractivity contribution < 1.29 is 0 Å². The SMILES string of the molecule is CCNC(=NCc1ccc(N2CCCC2)nc1)NCc1ccccn1.I. The molecule has 1 fully saturated rings. The summed E-state index contributed by atoms with van der Waals surface area (Å²) in [5.74, 6) is 1.86. The van der Waals surface area contributed by atoms with Gasteiger partial charge in [0.15, 0.2) is 5.96 Å². The zero-order chi connectivity index (χ0) is 17.3. The van der Waals surface area contributed by atoms with Crippen LogP contribution in [-0.4, -0.2) is 35.6 Å². The zero-order valence-corrected chi connectivity index (χ0v) is 17.5. The third-order valence-corrected chi connectivity index (χ3v) is 4.17. The fraction of sp³-hybridized carbons (Fsp3) is 0.421. The molecule has 0 atom stereocenters. The van der Waals surface area contributed by atoms with Crippen molar-refractivity contribution in [3.05, 3.63) is 54.0 Å². The molecule has 0 bridgehead atoms. The number of nitrogens with zero attached hydrogens (tertiary/aromatic N) is 4. The van der Waals surface area contributed by atoms with Gasteiger partial charge in [-0.3, -0.25) is 4.98 Å². The van der Waals surface area contributed by atoms with Gasteiger partial charge in [0.2, 0.25) is 0 Å². The first-order chi connectivity index (χ1) is 12.3. The van der Waals surface area contributed by atoms with Crippen LogP contribution in [0.1, 0.15) is 31.0 Å². The van der Waals surface area contributed by atoms with Crippen LogP contribution in [0.25, 0.3) is 0 Å². The van der Waals surface area contributed by atoms with Gasteiger partial charge in [0, 0.05) is 32.0 Å². The molecular formula is C19H27IN6. The molecule has 7 heteroatoms. The fourth-order valence-electron chi connectivity index (χ4n) is 2.83. The van der Waals surface area contributed by atoms with Gasteiger partial charge in [0.1, 0.15) is 5.82 Å². The topological polar surface area (TPSA) is 65.4 Å². The molecule has 0 amide bonds. The largest absolute Gasteiger partial charge is 0.357 e. The number of halogens is 1. The average Bonchev–Trinajstić information content (AvgIpc) is 3.20. The number of anilines is 1. The zero-order valence-electron chi connectivity index (χ0n) is 15.2. The van der Waals surface area contributed by atoms with Crippen molar-refractivity contribution in [1.29, 1.82) is 0 Å². The number of nitrogens with one attached hydrogen (secondary N) is 2. The van der Waals surface area contributed by atoms with Gasteiger partial charge in [-0.2, -0.15) is 0 Å². The van der Waals surface area contributed by atoms with Crippen LogP contribution in [0.5, 0.6) is 0 Å². The number of pyridine rings is 2. The Morgan fingerprint density at radius 2 is 1.96 bits per heavy atom. The normalized spacial score (nSPS) is 14.0. The molecule has 2 aromatic heterocycles. The van der Waals surface area contributed by atoms with Crippen LogP contribution in [0.3, 0.4) is 0 Å². The van der Waals surface area contributed by atoms with Gasteiger partial charge < -0.3 is 15.5 Å². The van der Waals surface area contributed by atoms with Crippen LogP contribution >= 0.6 is 24.0 Å². The van der Waals surface area contributed by atoms with Crippen LogP contribution in [-0.2, 0) is 13.1 Å². The molecule has 2 aromatic rings. The maximum Gasteiger partial charge on any atom is 0.191 e. The molecule has 140 valence electrons. The van der Waals surface area contributed by atoms with E-state index in [9.17, 15) is 0 Å². The summed E-state index contributed by atoms with van der Waals surface area (Å²) in [7, 11) is 0. The Bertz CT molecular complexity index is 668. The van der Waals surface area contributed by atoms with Crippen molar-refractivity contribution in [3.8, 4) is 0 Å². The third-order valence-electron chi connectivity index (χ3n) is 4.17. The summed E-state index contributed by atoms with van der Waals surface area (Å²) in [6, 6.07) is 10.1. The monoisotopic (exact) mass is 466 g/mol. The molecule has 2 N–H and O–H groups in total. The van der Waals surface area contributed by atoms with E-state index in [-0.39, 0.29) is 24.0 Å². The van der Waals surface area contributed by atoms with Gasteiger partial charge in [0.05, 0.1) is 18.8 Å². The van der Waals surface area contributed by atoms with Crippen molar-refractivity contribution in [2.45, 2.75) is 32.9 Å². The molecule has 1 saturated heterocycles. The second-order valence-electron chi connectivity index (χ2n) is 6.09. The van der Waals surface area contributed by atoms with Gasteiger partial charge in [-0.05, 0) is 43.5 Å². The maximum atomic E-state index is 4.64. The smallest absolute Gasteiger partial charge is 0.191 e. The van der Waals surface area contributed by atoms with Crippen LogP contribution in [0, 0.1) is 0 Å².